The fourth-order valence-corrected chi connectivity index (χ4v) is 3.90. The Morgan fingerprint density at radius 2 is 2.11 bits per heavy atom. The predicted molar refractivity (Wildman–Crippen MR) is 99.7 cm³/mol. The van der Waals surface area contributed by atoms with Crippen molar-refractivity contribution in [1.82, 2.24) is 4.90 Å². The number of nitrogens with zero attached hydrogens (tertiary/aromatic N) is 3. The lowest BCUT2D eigenvalue weighted by Crippen LogP contribution is -2.48. The van der Waals surface area contributed by atoms with Crippen molar-refractivity contribution in [3.8, 4) is 0 Å². The summed E-state index contributed by atoms with van der Waals surface area (Å²) in [5.74, 6) is -1.27. The Bertz CT molecular complexity index is 824. The minimum atomic E-state index is -0.626. The maximum absolute atomic E-state index is 13.0. The molecule has 2 fully saturated rings. The van der Waals surface area contributed by atoms with Crippen LogP contribution in [0.1, 0.15) is 31.7 Å². The van der Waals surface area contributed by atoms with E-state index in [1.54, 1.807) is 13.8 Å². The van der Waals surface area contributed by atoms with Gasteiger partial charge in [0.25, 0.3) is 11.6 Å². The summed E-state index contributed by atoms with van der Waals surface area (Å²) in [6, 6.07) is 3.44. The number of hydrogen-bond acceptors (Lipinski definition) is 7. The van der Waals surface area contributed by atoms with E-state index in [1.165, 1.54) is 18.2 Å². The molecule has 0 saturated carbocycles. The van der Waals surface area contributed by atoms with Gasteiger partial charge in [0.1, 0.15) is 0 Å². The van der Waals surface area contributed by atoms with Crippen LogP contribution in [0.3, 0.4) is 0 Å². The van der Waals surface area contributed by atoms with E-state index in [2.05, 4.69) is 0 Å². The highest BCUT2D eigenvalue weighted by molar-refractivity contribution is 6.22. The molecular weight excluding hydrogens is 366 g/mol. The van der Waals surface area contributed by atoms with E-state index in [-0.39, 0.29) is 35.8 Å². The monoisotopic (exact) mass is 389 g/mol. The molecule has 0 bridgehead atoms. The Hall–Kier alpha value is -2.81. The molecule has 1 aromatic rings. The number of rotatable bonds is 5. The second kappa shape index (κ2) is 8.05. The SMILES string of the molecule is CCOC(=O)C1CCCN(C2CC(=O)N(c3ccc([N+](=O)[O-])cc3C)C2=O)C1. The van der Waals surface area contributed by atoms with Crippen LogP contribution in [0.4, 0.5) is 11.4 Å². The molecule has 2 heterocycles. The smallest absolute Gasteiger partial charge is 0.310 e. The van der Waals surface area contributed by atoms with Crippen LogP contribution in [0.2, 0.25) is 0 Å². The van der Waals surface area contributed by atoms with Crippen LogP contribution in [0.5, 0.6) is 0 Å². The first-order valence-corrected chi connectivity index (χ1v) is 9.36. The van der Waals surface area contributed by atoms with Crippen LogP contribution in [0.25, 0.3) is 0 Å². The molecule has 2 amide bonds. The fraction of sp³-hybridized carbons (Fsp3) is 0.526. The summed E-state index contributed by atoms with van der Waals surface area (Å²) in [6.07, 6.45) is 1.48. The maximum atomic E-state index is 13.0. The number of esters is 1. The average molecular weight is 389 g/mol. The Labute approximate surface area is 162 Å². The molecule has 2 unspecified atom stereocenters. The second-order valence-electron chi connectivity index (χ2n) is 7.10. The lowest BCUT2D eigenvalue weighted by molar-refractivity contribution is -0.384. The van der Waals surface area contributed by atoms with E-state index in [9.17, 15) is 24.5 Å². The van der Waals surface area contributed by atoms with Gasteiger partial charge in [0.05, 0.1) is 35.6 Å². The van der Waals surface area contributed by atoms with Crippen LogP contribution in [-0.4, -0.2) is 53.3 Å². The maximum Gasteiger partial charge on any atom is 0.310 e. The van der Waals surface area contributed by atoms with E-state index in [0.29, 0.717) is 37.4 Å². The largest absolute Gasteiger partial charge is 0.466 e. The Balaban J connectivity index is 1.78. The number of non-ortho nitro benzene ring substituents is 1. The highest BCUT2D eigenvalue weighted by atomic mass is 16.6. The van der Waals surface area contributed by atoms with Gasteiger partial charge in [-0.2, -0.15) is 0 Å². The molecule has 2 atom stereocenters. The number of carbonyl (C=O) groups excluding carboxylic acids is 3. The normalized spacial score (nSPS) is 23.1. The van der Waals surface area contributed by atoms with Gasteiger partial charge >= 0.3 is 5.97 Å². The van der Waals surface area contributed by atoms with Gasteiger partial charge in [-0.15, -0.1) is 0 Å². The van der Waals surface area contributed by atoms with Gasteiger partial charge < -0.3 is 4.74 Å². The van der Waals surface area contributed by atoms with E-state index in [4.69, 9.17) is 4.74 Å². The molecule has 0 aliphatic carbocycles. The van der Waals surface area contributed by atoms with E-state index in [0.717, 1.165) is 11.3 Å². The van der Waals surface area contributed by atoms with Crippen LogP contribution in [0, 0.1) is 23.0 Å². The first kappa shape index (κ1) is 19.9. The summed E-state index contributed by atoms with van der Waals surface area (Å²) < 4.78 is 5.09. The van der Waals surface area contributed by atoms with Gasteiger partial charge in [-0.3, -0.25) is 29.4 Å². The summed E-state index contributed by atoms with van der Waals surface area (Å²) in [5, 5.41) is 10.9. The van der Waals surface area contributed by atoms with Crippen molar-refractivity contribution in [2.75, 3.05) is 24.6 Å². The standard InChI is InChI=1S/C19H23N3O6/c1-3-28-19(25)13-5-4-8-20(11-13)16-10-17(23)21(18(16)24)15-7-6-14(22(26)27)9-12(15)2/h6-7,9,13,16H,3-5,8,10-11H2,1-2H3. The van der Waals surface area contributed by atoms with Crippen LogP contribution >= 0.6 is 0 Å². The molecule has 3 rings (SSSR count). The minimum Gasteiger partial charge on any atom is -0.466 e. The number of amides is 2. The molecule has 2 aliphatic heterocycles. The third-order valence-corrected chi connectivity index (χ3v) is 5.27. The molecule has 0 N–H and O–H groups in total. The topological polar surface area (TPSA) is 110 Å². The fourth-order valence-electron chi connectivity index (χ4n) is 3.90. The zero-order valence-electron chi connectivity index (χ0n) is 15.9. The number of carbonyl (C=O) groups is 3. The van der Waals surface area contributed by atoms with Crippen molar-refractivity contribution in [1.29, 1.82) is 0 Å². The van der Waals surface area contributed by atoms with Crippen LogP contribution < -0.4 is 4.90 Å². The molecule has 28 heavy (non-hydrogen) atoms. The second-order valence-corrected chi connectivity index (χ2v) is 7.10. The third kappa shape index (κ3) is 3.75. The Kier molecular flexibility index (Phi) is 5.73. The molecule has 0 spiro atoms. The van der Waals surface area contributed by atoms with Crippen molar-refractivity contribution in [2.24, 2.45) is 5.92 Å². The first-order chi connectivity index (χ1) is 13.3. The molecule has 9 nitrogen and oxygen atoms in total. The van der Waals surface area contributed by atoms with Gasteiger partial charge in [-0.25, -0.2) is 4.90 Å². The summed E-state index contributed by atoms with van der Waals surface area (Å²) in [6.45, 7) is 4.71. The number of nitro groups is 1. The quantitative estimate of drug-likeness (QED) is 0.327. The third-order valence-electron chi connectivity index (χ3n) is 5.27. The Morgan fingerprint density at radius 1 is 1.36 bits per heavy atom. The highest BCUT2D eigenvalue weighted by Gasteiger charge is 2.45. The molecule has 2 saturated heterocycles. The number of nitro benzene ring substituents is 1. The molecule has 2 aliphatic rings. The minimum absolute atomic E-state index is 0.0325. The van der Waals surface area contributed by atoms with Gasteiger partial charge in [-0.05, 0) is 44.9 Å². The number of anilines is 1. The number of hydrogen-bond donors (Lipinski definition) is 0. The van der Waals surface area contributed by atoms with E-state index >= 15 is 0 Å². The molecule has 0 radical (unpaired) electrons. The Morgan fingerprint density at radius 3 is 2.75 bits per heavy atom. The van der Waals surface area contributed by atoms with Gasteiger partial charge in [0.15, 0.2) is 0 Å². The lowest BCUT2D eigenvalue weighted by Gasteiger charge is -2.34. The zero-order chi connectivity index (χ0) is 20.4. The van der Waals surface area contributed by atoms with E-state index in [1.807, 2.05) is 4.90 Å². The molecule has 150 valence electrons. The molecule has 9 heteroatoms. The number of aryl methyl sites for hydroxylation is 1. The first-order valence-electron chi connectivity index (χ1n) is 9.36. The van der Waals surface area contributed by atoms with Crippen molar-refractivity contribution in [2.45, 2.75) is 39.2 Å². The lowest BCUT2D eigenvalue weighted by atomic mass is 9.96. The number of likely N-dealkylation sites (tertiary alicyclic amines) is 1. The molecule has 1 aromatic carbocycles. The highest BCUT2D eigenvalue weighted by Crippen LogP contribution is 2.32. The summed E-state index contributed by atoms with van der Waals surface area (Å²) in [5.41, 5.74) is 0.756. The van der Waals surface area contributed by atoms with Crippen LogP contribution in [0.15, 0.2) is 18.2 Å². The number of imide groups is 1. The van der Waals surface area contributed by atoms with Crippen LogP contribution in [-0.2, 0) is 19.1 Å². The van der Waals surface area contributed by atoms with Crippen molar-refractivity contribution < 1.29 is 24.0 Å². The molecule has 0 aromatic heterocycles. The van der Waals surface area contributed by atoms with E-state index < -0.39 is 11.0 Å². The number of benzene rings is 1. The van der Waals surface area contributed by atoms with Crippen molar-refractivity contribution >= 4 is 29.2 Å². The number of piperidine rings is 1. The average Bonchev–Trinajstić information content (AvgIpc) is 2.96. The van der Waals surface area contributed by atoms with Gasteiger partial charge in [-0.1, -0.05) is 0 Å². The van der Waals surface area contributed by atoms with Gasteiger partial charge in [0.2, 0.25) is 5.91 Å². The van der Waals surface area contributed by atoms with Gasteiger partial charge in [0, 0.05) is 18.7 Å². The summed E-state index contributed by atoms with van der Waals surface area (Å²) in [7, 11) is 0. The van der Waals surface area contributed by atoms with Crippen molar-refractivity contribution in [3.63, 3.8) is 0 Å². The predicted octanol–water partition coefficient (Wildman–Crippen LogP) is 1.81. The van der Waals surface area contributed by atoms with Crippen molar-refractivity contribution in [3.05, 3.63) is 33.9 Å². The zero-order valence-corrected chi connectivity index (χ0v) is 15.9. The molecular formula is C19H23N3O6. The summed E-state index contributed by atoms with van der Waals surface area (Å²) >= 11 is 0. The number of ether oxygens (including phenoxy) is 1. The summed E-state index contributed by atoms with van der Waals surface area (Å²) in [4.78, 5) is 51.0.